The van der Waals surface area contributed by atoms with Gasteiger partial charge in [0, 0.05) is 23.5 Å². The average molecular weight is 363 g/mol. The van der Waals surface area contributed by atoms with Crippen LogP contribution in [0.25, 0.3) is 0 Å². The molecule has 136 valence electrons. The van der Waals surface area contributed by atoms with Crippen LogP contribution >= 0.6 is 0 Å². The molecule has 0 fully saturated rings. The van der Waals surface area contributed by atoms with E-state index in [4.69, 9.17) is 0 Å². The van der Waals surface area contributed by atoms with Crippen molar-refractivity contribution in [1.82, 2.24) is 14.3 Å². The van der Waals surface area contributed by atoms with E-state index in [-0.39, 0.29) is 29.4 Å². The molecule has 0 bridgehead atoms. The number of pyridine rings is 1. The van der Waals surface area contributed by atoms with E-state index in [1.54, 1.807) is 42.1 Å². The van der Waals surface area contributed by atoms with Gasteiger partial charge >= 0.3 is 0 Å². The van der Waals surface area contributed by atoms with E-state index in [1.807, 2.05) is 6.92 Å². The number of carbonyl (C=O) groups is 1. The maximum absolute atomic E-state index is 13.0. The lowest BCUT2D eigenvalue weighted by molar-refractivity contribution is 0.0965. The SMILES string of the molecule is CC#Cc1ccc(=O)n(CC(=O)c2cc(C)n(Cc3ccc(F)cc3)n2)c1. The number of aromatic nitrogens is 3. The molecule has 3 aromatic rings. The lowest BCUT2D eigenvalue weighted by Crippen LogP contribution is -2.23. The molecule has 5 nitrogen and oxygen atoms in total. The summed E-state index contributed by atoms with van der Waals surface area (Å²) < 4.78 is 16.0. The van der Waals surface area contributed by atoms with Crippen LogP contribution in [0.2, 0.25) is 0 Å². The lowest BCUT2D eigenvalue weighted by atomic mass is 10.2. The van der Waals surface area contributed by atoms with Crippen LogP contribution in [0.1, 0.15) is 34.2 Å². The van der Waals surface area contributed by atoms with Crippen molar-refractivity contribution in [2.45, 2.75) is 26.9 Å². The molecule has 0 N–H and O–H groups in total. The maximum Gasteiger partial charge on any atom is 0.251 e. The Morgan fingerprint density at radius 3 is 2.63 bits per heavy atom. The highest BCUT2D eigenvalue weighted by Gasteiger charge is 2.14. The molecule has 1 aromatic carbocycles. The first-order valence-electron chi connectivity index (χ1n) is 8.41. The van der Waals surface area contributed by atoms with E-state index in [0.29, 0.717) is 12.1 Å². The zero-order chi connectivity index (χ0) is 19.4. The van der Waals surface area contributed by atoms with Crippen molar-refractivity contribution in [3.63, 3.8) is 0 Å². The Balaban J connectivity index is 1.80. The molecule has 2 aromatic heterocycles. The molecule has 6 heteroatoms. The van der Waals surface area contributed by atoms with Crippen molar-refractivity contribution in [1.29, 1.82) is 0 Å². The molecule has 0 amide bonds. The van der Waals surface area contributed by atoms with Gasteiger partial charge in [0.15, 0.2) is 0 Å². The summed E-state index contributed by atoms with van der Waals surface area (Å²) in [6.07, 6.45) is 1.57. The highest BCUT2D eigenvalue weighted by molar-refractivity contribution is 5.94. The van der Waals surface area contributed by atoms with Gasteiger partial charge in [-0.2, -0.15) is 5.10 Å². The topological polar surface area (TPSA) is 56.9 Å². The van der Waals surface area contributed by atoms with Gasteiger partial charge in [-0.1, -0.05) is 18.1 Å². The molecular formula is C21H18FN3O2. The standard InChI is InChI=1S/C21H18FN3O2/c1-3-4-16-7-10-21(27)24(12-16)14-20(26)19-11-15(2)25(23-19)13-17-5-8-18(22)9-6-17/h5-12H,13-14H2,1-2H3. The number of rotatable bonds is 5. The van der Waals surface area contributed by atoms with Gasteiger partial charge in [-0.3, -0.25) is 14.3 Å². The summed E-state index contributed by atoms with van der Waals surface area (Å²) in [6, 6.07) is 10.8. The fourth-order valence-electron chi connectivity index (χ4n) is 2.68. The second-order valence-electron chi connectivity index (χ2n) is 6.14. The number of hydrogen-bond donors (Lipinski definition) is 0. The minimum absolute atomic E-state index is 0.106. The van der Waals surface area contributed by atoms with Gasteiger partial charge in [0.05, 0.1) is 13.1 Å². The largest absolute Gasteiger partial charge is 0.306 e. The Hall–Kier alpha value is -3.46. The van der Waals surface area contributed by atoms with Gasteiger partial charge in [-0.15, -0.1) is 5.92 Å². The number of Topliss-reactive ketones (excluding diaryl/α,β-unsaturated/α-hetero) is 1. The minimum Gasteiger partial charge on any atom is -0.306 e. The van der Waals surface area contributed by atoms with E-state index >= 15 is 0 Å². The average Bonchev–Trinajstić information content (AvgIpc) is 3.01. The van der Waals surface area contributed by atoms with Crippen molar-refractivity contribution in [3.8, 4) is 11.8 Å². The first-order valence-corrected chi connectivity index (χ1v) is 8.41. The van der Waals surface area contributed by atoms with Crippen molar-refractivity contribution >= 4 is 5.78 Å². The highest BCUT2D eigenvalue weighted by atomic mass is 19.1. The molecule has 0 aliphatic rings. The fourth-order valence-corrected chi connectivity index (χ4v) is 2.68. The molecule has 0 saturated carbocycles. The second-order valence-corrected chi connectivity index (χ2v) is 6.14. The molecule has 0 spiro atoms. The molecule has 0 saturated heterocycles. The van der Waals surface area contributed by atoms with E-state index in [2.05, 4.69) is 16.9 Å². The van der Waals surface area contributed by atoms with Crippen LogP contribution in [0.5, 0.6) is 0 Å². The van der Waals surface area contributed by atoms with Gasteiger partial charge in [0.1, 0.15) is 11.5 Å². The normalized spacial score (nSPS) is 10.3. The number of halogens is 1. The fraction of sp³-hybridized carbons (Fsp3) is 0.190. The van der Waals surface area contributed by atoms with E-state index in [0.717, 1.165) is 11.3 Å². The smallest absolute Gasteiger partial charge is 0.251 e. The molecule has 0 radical (unpaired) electrons. The first kappa shape index (κ1) is 18.3. The van der Waals surface area contributed by atoms with Crippen LogP contribution < -0.4 is 5.56 Å². The third-order valence-corrected chi connectivity index (χ3v) is 4.08. The Morgan fingerprint density at radius 1 is 1.19 bits per heavy atom. The molecule has 0 unspecified atom stereocenters. The Morgan fingerprint density at radius 2 is 1.93 bits per heavy atom. The molecular weight excluding hydrogens is 345 g/mol. The summed E-state index contributed by atoms with van der Waals surface area (Å²) in [5.41, 5.74) is 2.37. The number of ketones is 1. The lowest BCUT2D eigenvalue weighted by Gasteiger charge is -2.05. The maximum atomic E-state index is 13.0. The number of nitrogens with zero attached hydrogens (tertiary/aromatic N) is 3. The summed E-state index contributed by atoms with van der Waals surface area (Å²) in [6.45, 7) is 3.88. The van der Waals surface area contributed by atoms with E-state index in [1.165, 1.54) is 22.8 Å². The van der Waals surface area contributed by atoms with Crippen LogP contribution in [0, 0.1) is 24.6 Å². The molecule has 2 heterocycles. The summed E-state index contributed by atoms with van der Waals surface area (Å²) in [7, 11) is 0. The van der Waals surface area contributed by atoms with Crippen LogP contribution in [-0.4, -0.2) is 20.1 Å². The zero-order valence-electron chi connectivity index (χ0n) is 15.1. The van der Waals surface area contributed by atoms with E-state index < -0.39 is 0 Å². The van der Waals surface area contributed by atoms with E-state index in [9.17, 15) is 14.0 Å². The summed E-state index contributed by atoms with van der Waals surface area (Å²) in [5.74, 6) is 5.07. The van der Waals surface area contributed by atoms with Crippen LogP contribution in [-0.2, 0) is 13.1 Å². The quantitative estimate of drug-likeness (QED) is 0.517. The van der Waals surface area contributed by atoms with Crippen molar-refractivity contribution in [2.24, 2.45) is 0 Å². The van der Waals surface area contributed by atoms with Gasteiger partial charge in [-0.25, -0.2) is 4.39 Å². The monoisotopic (exact) mass is 363 g/mol. The number of hydrogen-bond acceptors (Lipinski definition) is 3. The molecule has 0 aliphatic carbocycles. The second kappa shape index (κ2) is 7.83. The predicted octanol–water partition coefficient (Wildman–Crippen LogP) is 2.79. The minimum atomic E-state index is -0.299. The summed E-state index contributed by atoms with van der Waals surface area (Å²) in [5, 5.41) is 4.34. The van der Waals surface area contributed by atoms with Gasteiger partial charge in [0.25, 0.3) is 5.56 Å². The Bertz CT molecular complexity index is 1100. The van der Waals surface area contributed by atoms with Crippen LogP contribution in [0.4, 0.5) is 4.39 Å². The number of carbonyl (C=O) groups excluding carboxylic acids is 1. The predicted molar refractivity (Wildman–Crippen MR) is 100 cm³/mol. The zero-order valence-corrected chi connectivity index (χ0v) is 15.1. The summed E-state index contributed by atoms with van der Waals surface area (Å²) >= 11 is 0. The Kier molecular flexibility index (Phi) is 5.32. The third-order valence-electron chi connectivity index (χ3n) is 4.08. The number of benzene rings is 1. The highest BCUT2D eigenvalue weighted by Crippen LogP contribution is 2.10. The van der Waals surface area contributed by atoms with Crippen LogP contribution in [0.15, 0.2) is 53.5 Å². The van der Waals surface area contributed by atoms with Crippen molar-refractivity contribution in [2.75, 3.05) is 0 Å². The first-order chi connectivity index (χ1) is 13.0. The molecule has 0 aliphatic heterocycles. The summed E-state index contributed by atoms with van der Waals surface area (Å²) in [4.78, 5) is 24.6. The third kappa shape index (κ3) is 4.39. The molecule has 27 heavy (non-hydrogen) atoms. The van der Waals surface area contributed by atoms with Crippen LogP contribution in [0.3, 0.4) is 0 Å². The van der Waals surface area contributed by atoms with Gasteiger partial charge in [-0.05, 0) is 43.7 Å². The van der Waals surface area contributed by atoms with Gasteiger partial charge < -0.3 is 4.57 Å². The van der Waals surface area contributed by atoms with Gasteiger partial charge in [0.2, 0.25) is 5.78 Å². The molecule has 0 atom stereocenters. The number of aryl methyl sites for hydroxylation is 1. The molecule has 3 rings (SSSR count). The van der Waals surface area contributed by atoms with Crippen molar-refractivity contribution in [3.05, 3.63) is 87.3 Å². The van der Waals surface area contributed by atoms with Crippen molar-refractivity contribution < 1.29 is 9.18 Å². The Labute approximate surface area is 156 Å².